The fourth-order valence-corrected chi connectivity index (χ4v) is 5.51. The number of hydrogen-bond acceptors (Lipinski definition) is 5. The minimum atomic E-state index is -3.71. The quantitative estimate of drug-likeness (QED) is 0.547. The van der Waals surface area contributed by atoms with Crippen LogP contribution in [0.25, 0.3) is 10.9 Å². The van der Waals surface area contributed by atoms with E-state index in [0.29, 0.717) is 29.4 Å². The van der Waals surface area contributed by atoms with Crippen LogP contribution in [0.4, 0.5) is 0 Å². The summed E-state index contributed by atoms with van der Waals surface area (Å²) in [5, 5.41) is 1.36. The lowest BCUT2D eigenvalue weighted by atomic mass is 10.2. The Morgan fingerprint density at radius 2 is 1.84 bits per heavy atom. The maximum Gasteiger partial charge on any atom is 0.245 e. The average Bonchev–Trinajstić information content (AvgIpc) is 2.78. The molecule has 168 valence electrons. The third-order valence-corrected chi connectivity index (χ3v) is 7.57. The van der Waals surface area contributed by atoms with Crippen molar-refractivity contribution >= 4 is 38.4 Å². The summed E-state index contributed by atoms with van der Waals surface area (Å²) in [6, 6.07) is 14.1. The molecule has 0 radical (unpaired) electrons. The van der Waals surface area contributed by atoms with E-state index in [1.807, 2.05) is 19.1 Å². The molecular weight excluding hydrogens is 450 g/mol. The fraction of sp³-hybridized carbons (Fsp3) is 0.304. The first-order valence-corrected chi connectivity index (χ1v) is 12.2. The monoisotopic (exact) mass is 473 g/mol. The number of sulfonamides is 1. The lowest BCUT2D eigenvalue weighted by Gasteiger charge is -2.34. The highest BCUT2D eigenvalue weighted by Crippen LogP contribution is 2.25. The van der Waals surface area contributed by atoms with Crippen molar-refractivity contribution in [1.82, 2.24) is 14.2 Å². The van der Waals surface area contributed by atoms with Crippen LogP contribution in [-0.2, 0) is 14.8 Å². The lowest BCUT2D eigenvalue weighted by Crippen LogP contribution is -2.50. The maximum absolute atomic E-state index is 13.3. The highest BCUT2D eigenvalue weighted by molar-refractivity contribution is 7.89. The Hall–Kier alpha value is -2.68. The molecule has 1 aliphatic rings. The van der Waals surface area contributed by atoms with Crippen LogP contribution in [-0.4, -0.2) is 61.3 Å². The molecule has 1 aromatic heterocycles. The number of ether oxygens (including phenoxy) is 1. The van der Waals surface area contributed by atoms with Gasteiger partial charge < -0.3 is 9.64 Å². The number of aryl methyl sites for hydroxylation is 1. The van der Waals surface area contributed by atoms with Gasteiger partial charge in [0.15, 0.2) is 0 Å². The number of para-hydroxylation sites is 1. The molecule has 0 spiro atoms. The van der Waals surface area contributed by atoms with Gasteiger partial charge in [0.25, 0.3) is 0 Å². The molecule has 2 aromatic carbocycles. The van der Waals surface area contributed by atoms with Gasteiger partial charge in [-0.3, -0.25) is 9.78 Å². The topological polar surface area (TPSA) is 79.8 Å². The Labute approximate surface area is 192 Å². The molecule has 0 N–H and O–H groups in total. The van der Waals surface area contributed by atoms with Crippen LogP contribution >= 0.6 is 11.6 Å². The summed E-state index contributed by atoms with van der Waals surface area (Å²) in [6.45, 7) is 3.32. The van der Waals surface area contributed by atoms with Crippen molar-refractivity contribution in [2.75, 3.05) is 32.8 Å². The average molecular weight is 474 g/mol. The number of halogens is 1. The second-order valence-electron chi connectivity index (χ2n) is 7.68. The number of amides is 1. The first kappa shape index (κ1) is 22.5. The number of carbonyl (C=O) groups is 1. The molecule has 4 rings (SSSR count). The molecule has 1 amide bonds. The Morgan fingerprint density at radius 1 is 1.09 bits per heavy atom. The smallest absolute Gasteiger partial charge is 0.245 e. The maximum atomic E-state index is 13.3. The van der Waals surface area contributed by atoms with E-state index < -0.39 is 10.0 Å². The predicted octanol–water partition coefficient (Wildman–Crippen LogP) is 3.50. The first-order valence-electron chi connectivity index (χ1n) is 10.4. The minimum absolute atomic E-state index is 0.0635. The van der Waals surface area contributed by atoms with Gasteiger partial charge >= 0.3 is 0 Å². The minimum Gasteiger partial charge on any atom is -0.493 e. The Morgan fingerprint density at radius 3 is 2.59 bits per heavy atom. The largest absolute Gasteiger partial charge is 0.493 e. The third kappa shape index (κ3) is 4.87. The number of nitrogens with zero attached hydrogens (tertiary/aromatic N) is 3. The van der Waals surface area contributed by atoms with Crippen LogP contribution in [0.1, 0.15) is 12.0 Å². The number of piperazine rings is 1. The fourth-order valence-electron chi connectivity index (χ4n) is 3.74. The van der Waals surface area contributed by atoms with Gasteiger partial charge in [0.2, 0.25) is 15.9 Å². The highest BCUT2D eigenvalue weighted by Gasteiger charge is 2.31. The zero-order valence-corrected chi connectivity index (χ0v) is 19.3. The van der Waals surface area contributed by atoms with E-state index in [-0.39, 0.29) is 36.9 Å². The summed E-state index contributed by atoms with van der Waals surface area (Å²) in [5.74, 6) is 0.548. The van der Waals surface area contributed by atoms with E-state index in [4.69, 9.17) is 16.3 Å². The van der Waals surface area contributed by atoms with Crippen LogP contribution in [0.2, 0.25) is 5.02 Å². The molecular formula is C23H24ClN3O4S. The Kier molecular flexibility index (Phi) is 6.64. The second-order valence-corrected chi connectivity index (χ2v) is 10.0. The number of rotatable bonds is 6. The molecule has 3 aromatic rings. The Balaban J connectivity index is 1.36. The van der Waals surface area contributed by atoms with E-state index in [2.05, 4.69) is 4.98 Å². The lowest BCUT2D eigenvalue weighted by molar-refractivity contribution is -0.132. The van der Waals surface area contributed by atoms with E-state index in [9.17, 15) is 13.2 Å². The van der Waals surface area contributed by atoms with Crippen LogP contribution in [0, 0.1) is 6.92 Å². The van der Waals surface area contributed by atoms with E-state index in [0.717, 1.165) is 10.9 Å². The molecule has 0 saturated carbocycles. The number of carbonyl (C=O) groups excluding carboxylic acids is 1. The molecule has 2 heterocycles. The van der Waals surface area contributed by atoms with Gasteiger partial charge in [-0.05, 0) is 42.8 Å². The van der Waals surface area contributed by atoms with Gasteiger partial charge in [-0.25, -0.2) is 8.42 Å². The number of aromatic nitrogens is 1. The first-order chi connectivity index (χ1) is 15.3. The van der Waals surface area contributed by atoms with Gasteiger partial charge in [-0.2, -0.15) is 4.31 Å². The number of hydrogen-bond donors (Lipinski definition) is 0. The van der Waals surface area contributed by atoms with Crippen LogP contribution in [0.15, 0.2) is 59.6 Å². The summed E-state index contributed by atoms with van der Waals surface area (Å²) < 4.78 is 33.6. The second kappa shape index (κ2) is 9.44. The van der Waals surface area contributed by atoms with Crippen molar-refractivity contribution in [1.29, 1.82) is 0 Å². The van der Waals surface area contributed by atoms with Gasteiger partial charge in [-0.1, -0.05) is 29.8 Å². The molecule has 0 bridgehead atoms. The van der Waals surface area contributed by atoms with Gasteiger partial charge in [0, 0.05) is 42.8 Å². The van der Waals surface area contributed by atoms with Crippen molar-refractivity contribution in [2.24, 2.45) is 0 Å². The van der Waals surface area contributed by atoms with E-state index in [1.54, 1.807) is 47.5 Å². The zero-order chi connectivity index (χ0) is 22.7. The molecule has 9 heteroatoms. The number of pyridine rings is 1. The van der Waals surface area contributed by atoms with Gasteiger partial charge in [0.05, 0.1) is 18.5 Å². The summed E-state index contributed by atoms with van der Waals surface area (Å²) in [6.07, 6.45) is 1.88. The molecule has 0 unspecified atom stereocenters. The molecule has 1 fully saturated rings. The van der Waals surface area contributed by atoms with Crippen molar-refractivity contribution in [3.63, 3.8) is 0 Å². The highest BCUT2D eigenvalue weighted by atomic mass is 35.5. The van der Waals surface area contributed by atoms with E-state index in [1.165, 1.54) is 4.31 Å². The molecule has 0 aliphatic carbocycles. The van der Waals surface area contributed by atoms with Crippen LogP contribution in [0.3, 0.4) is 0 Å². The zero-order valence-electron chi connectivity index (χ0n) is 17.7. The van der Waals surface area contributed by atoms with Gasteiger partial charge in [-0.15, -0.1) is 0 Å². The number of fused-ring (bicyclic) bond motifs is 1. The van der Waals surface area contributed by atoms with Crippen molar-refractivity contribution in [2.45, 2.75) is 18.2 Å². The van der Waals surface area contributed by atoms with Crippen LogP contribution in [0.5, 0.6) is 5.75 Å². The standard InChI is InChI=1S/C23H24ClN3O4S/c1-17-14-18-4-2-7-21(23(18)25-16-17)32(29,30)27-11-9-26(10-12-27)22(28)8-13-31-20-6-3-5-19(24)15-20/h2-7,14-16H,8-13H2,1H3. The molecule has 1 aliphatic heterocycles. The van der Waals surface area contributed by atoms with E-state index >= 15 is 0 Å². The predicted molar refractivity (Wildman–Crippen MR) is 123 cm³/mol. The van der Waals surface area contributed by atoms with Crippen molar-refractivity contribution < 1.29 is 17.9 Å². The molecule has 32 heavy (non-hydrogen) atoms. The molecule has 7 nitrogen and oxygen atoms in total. The van der Waals surface area contributed by atoms with Gasteiger partial charge in [0.1, 0.15) is 10.6 Å². The summed E-state index contributed by atoms with van der Waals surface area (Å²) in [7, 11) is -3.71. The third-order valence-electron chi connectivity index (χ3n) is 5.40. The molecule has 1 saturated heterocycles. The summed E-state index contributed by atoms with van der Waals surface area (Å²) in [4.78, 5) is 18.8. The van der Waals surface area contributed by atoms with Crippen molar-refractivity contribution in [3.8, 4) is 5.75 Å². The summed E-state index contributed by atoms with van der Waals surface area (Å²) in [5.41, 5.74) is 1.44. The summed E-state index contributed by atoms with van der Waals surface area (Å²) >= 11 is 5.93. The normalized spacial score (nSPS) is 15.1. The van der Waals surface area contributed by atoms with Crippen LogP contribution < -0.4 is 4.74 Å². The van der Waals surface area contributed by atoms with Crippen molar-refractivity contribution in [3.05, 3.63) is 65.3 Å². The number of benzene rings is 2. The SMILES string of the molecule is Cc1cnc2c(S(=O)(=O)N3CCN(C(=O)CCOc4cccc(Cl)c4)CC3)cccc2c1. The molecule has 0 atom stereocenters. The Bertz CT molecular complexity index is 1240.